The van der Waals surface area contributed by atoms with Crippen molar-refractivity contribution in [1.29, 1.82) is 0 Å². The summed E-state index contributed by atoms with van der Waals surface area (Å²) in [7, 11) is 0. The fourth-order valence-corrected chi connectivity index (χ4v) is 9.66. The molecule has 6 aliphatic rings. The van der Waals surface area contributed by atoms with Crippen LogP contribution in [0.5, 0.6) is 5.75 Å². The second-order valence-electron chi connectivity index (χ2n) is 15.7. The first kappa shape index (κ1) is 34.2. The van der Waals surface area contributed by atoms with E-state index in [0.717, 1.165) is 88.8 Å². The summed E-state index contributed by atoms with van der Waals surface area (Å²) >= 11 is 0. The maximum absolute atomic E-state index is 13.2. The van der Waals surface area contributed by atoms with E-state index in [0.29, 0.717) is 47.8 Å². The molecule has 0 saturated carbocycles. The van der Waals surface area contributed by atoms with Crippen molar-refractivity contribution in [3.05, 3.63) is 65.2 Å². The normalized spacial score (nSPS) is 25.6. The van der Waals surface area contributed by atoms with Crippen LogP contribution in [0.3, 0.4) is 0 Å². The van der Waals surface area contributed by atoms with Crippen LogP contribution >= 0.6 is 0 Å². The van der Waals surface area contributed by atoms with Crippen LogP contribution in [-0.4, -0.2) is 136 Å². The summed E-state index contributed by atoms with van der Waals surface area (Å²) in [6, 6.07) is 16.1. The topological polar surface area (TPSA) is 137 Å². The van der Waals surface area contributed by atoms with Crippen LogP contribution in [0.15, 0.2) is 48.5 Å². The zero-order valence-corrected chi connectivity index (χ0v) is 30.3. The Hall–Kier alpha value is -4.59. The largest absolute Gasteiger partial charge is 0.507 e. The quantitative estimate of drug-likeness (QED) is 0.297. The Morgan fingerprint density at radius 2 is 1.60 bits per heavy atom. The molecule has 0 aliphatic carbocycles. The predicted octanol–water partition coefficient (Wildman–Crippen LogP) is 2.87. The minimum atomic E-state index is -0.572. The van der Waals surface area contributed by atoms with Crippen molar-refractivity contribution in [2.24, 2.45) is 0 Å². The number of nitrogens with one attached hydrogen (secondary N) is 2. The highest BCUT2D eigenvalue weighted by molar-refractivity contribution is 6.05. The van der Waals surface area contributed by atoms with Crippen LogP contribution in [0.4, 0.5) is 11.5 Å². The zero-order chi connectivity index (χ0) is 36.1. The molecular weight excluding hydrogens is 670 g/mol. The number of nitrogens with zero attached hydrogens (tertiary/aromatic N) is 7. The highest BCUT2D eigenvalue weighted by atomic mass is 16.3. The number of para-hydroxylation sites is 1. The van der Waals surface area contributed by atoms with Crippen LogP contribution in [0.1, 0.15) is 65.9 Å². The fraction of sp³-hybridized carbons (Fsp3) is 0.525. The molecule has 0 bridgehead atoms. The van der Waals surface area contributed by atoms with Gasteiger partial charge >= 0.3 is 0 Å². The number of imide groups is 1. The minimum absolute atomic E-state index is 0.103. The molecule has 4 fully saturated rings. The molecule has 13 heteroatoms. The average Bonchev–Trinajstić information content (AvgIpc) is 3.78. The minimum Gasteiger partial charge on any atom is -0.507 e. The highest BCUT2D eigenvalue weighted by Gasteiger charge is 2.40. The summed E-state index contributed by atoms with van der Waals surface area (Å²) in [6.07, 6.45) is 5.31. The Kier molecular flexibility index (Phi) is 9.25. The number of aromatic nitrogens is 2. The van der Waals surface area contributed by atoms with Crippen molar-refractivity contribution < 1.29 is 19.5 Å². The molecular formula is C40H49N9O4. The van der Waals surface area contributed by atoms with E-state index in [-0.39, 0.29) is 29.9 Å². The predicted molar refractivity (Wildman–Crippen MR) is 201 cm³/mol. The number of rotatable bonds is 8. The third-order valence-corrected chi connectivity index (χ3v) is 12.6. The Morgan fingerprint density at radius 3 is 2.43 bits per heavy atom. The second-order valence-corrected chi connectivity index (χ2v) is 15.7. The van der Waals surface area contributed by atoms with Gasteiger partial charge in [-0.1, -0.05) is 24.3 Å². The van der Waals surface area contributed by atoms with Crippen molar-refractivity contribution in [2.75, 3.05) is 75.7 Å². The van der Waals surface area contributed by atoms with Gasteiger partial charge in [-0.25, -0.2) is 0 Å². The molecule has 4 saturated heterocycles. The SMILES string of the molecule is O=C1CCC(N2Cc3cc(C4CCN(C5CCN(CCCN6CCN7c8cc(-c9ccccc9O)nnc8NC[C@H]7C6)C5)CC4)ccc3C2=O)C(=O)N1. The third kappa shape index (κ3) is 6.74. The van der Waals surface area contributed by atoms with Gasteiger partial charge in [0.1, 0.15) is 11.8 Å². The average molecular weight is 720 g/mol. The number of hydrogen-bond donors (Lipinski definition) is 3. The molecule has 2 unspecified atom stereocenters. The van der Waals surface area contributed by atoms with Crippen molar-refractivity contribution in [3.8, 4) is 17.0 Å². The fourth-order valence-electron chi connectivity index (χ4n) is 9.66. The van der Waals surface area contributed by atoms with Gasteiger partial charge in [0.15, 0.2) is 5.82 Å². The Labute approximate surface area is 310 Å². The van der Waals surface area contributed by atoms with Crippen molar-refractivity contribution in [2.45, 2.75) is 69.1 Å². The Balaban J connectivity index is 0.720. The van der Waals surface area contributed by atoms with Gasteiger partial charge in [-0.3, -0.25) is 29.5 Å². The number of anilines is 2. The van der Waals surface area contributed by atoms with Gasteiger partial charge in [0.05, 0.1) is 17.4 Å². The smallest absolute Gasteiger partial charge is 0.255 e. The molecule has 6 aliphatic heterocycles. The molecule has 3 atom stereocenters. The van der Waals surface area contributed by atoms with Crippen molar-refractivity contribution in [3.63, 3.8) is 0 Å². The first-order valence-corrected chi connectivity index (χ1v) is 19.5. The highest BCUT2D eigenvalue weighted by Crippen LogP contribution is 2.37. The number of amides is 3. The number of carbonyl (C=O) groups is 3. The summed E-state index contributed by atoms with van der Waals surface area (Å²) < 4.78 is 0. The molecule has 2 aromatic carbocycles. The lowest BCUT2D eigenvalue weighted by Gasteiger charge is -2.46. The molecule has 3 amide bonds. The van der Waals surface area contributed by atoms with E-state index in [1.165, 1.54) is 24.9 Å². The van der Waals surface area contributed by atoms with Gasteiger partial charge in [-0.05, 0) is 106 Å². The Morgan fingerprint density at radius 1 is 0.792 bits per heavy atom. The number of piperazine rings is 1. The van der Waals surface area contributed by atoms with Crippen LogP contribution < -0.4 is 15.5 Å². The van der Waals surface area contributed by atoms with E-state index in [4.69, 9.17) is 0 Å². The van der Waals surface area contributed by atoms with Crippen LogP contribution in [-0.2, 0) is 16.1 Å². The number of benzene rings is 2. The lowest BCUT2D eigenvalue weighted by Crippen LogP contribution is -2.58. The van der Waals surface area contributed by atoms with Gasteiger partial charge in [0, 0.05) is 62.9 Å². The first-order valence-electron chi connectivity index (χ1n) is 19.5. The number of piperidine rings is 2. The van der Waals surface area contributed by atoms with Crippen molar-refractivity contribution in [1.82, 2.24) is 35.1 Å². The zero-order valence-electron chi connectivity index (χ0n) is 30.3. The van der Waals surface area contributed by atoms with Crippen molar-refractivity contribution >= 4 is 29.2 Å². The summed E-state index contributed by atoms with van der Waals surface area (Å²) in [6.45, 7) is 11.1. The summed E-state index contributed by atoms with van der Waals surface area (Å²) in [5, 5.41) is 25.1. The molecule has 0 spiro atoms. The summed E-state index contributed by atoms with van der Waals surface area (Å²) in [4.78, 5) is 49.3. The van der Waals surface area contributed by atoms with Gasteiger partial charge in [0.2, 0.25) is 11.8 Å². The molecule has 13 nitrogen and oxygen atoms in total. The van der Waals surface area contributed by atoms with Crippen LogP contribution in [0, 0.1) is 0 Å². The standard InChI is InChI=1S/C40H49N9O4/c50-36-5-2-1-4-32(36)33-21-35-38(44-43-33)41-22-30-25-46(18-19-48(30)35)14-3-13-45-15-12-29(24-45)47-16-10-26(11-17-47)27-6-7-31-28(20-27)23-49(40(31)53)34-8-9-37(51)42-39(34)52/h1-2,4-7,20-21,26,29-30,34,50H,3,8-19,22-25H2,(H,41,44)(H,42,51,52)/t29?,30-,34?/m0/s1. The van der Waals surface area contributed by atoms with E-state index in [2.05, 4.69) is 58.6 Å². The maximum atomic E-state index is 13.2. The number of phenols is 1. The lowest BCUT2D eigenvalue weighted by molar-refractivity contribution is -0.136. The molecule has 0 radical (unpaired) electrons. The van der Waals surface area contributed by atoms with E-state index < -0.39 is 6.04 Å². The van der Waals surface area contributed by atoms with Gasteiger partial charge < -0.3 is 25.1 Å². The Bertz CT molecular complexity index is 1900. The monoisotopic (exact) mass is 719 g/mol. The number of fused-ring (bicyclic) bond motifs is 4. The second kappa shape index (κ2) is 14.3. The van der Waals surface area contributed by atoms with Crippen LogP contribution in [0.25, 0.3) is 11.3 Å². The molecule has 53 heavy (non-hydrogen) atoms. The molecule has 278 valence electrons. The molecule has 3 aromatic rings. The third-order valence-electron chi connectivity index (χ3n) is 12.6. The molecule has 3 N–H and O–H groups in total. The summed E-state index contributed by atoms with van der Waals surface area (Å²) in [5.41, 5.74) is 5.46. The lowest BCUT2D eigenvalue weighted by atomic mass is 9.87. The number of phenolic OH excluding ortho intramolecular Hbond substituents is 1. The number of hydrogen-bond acceptors (Lipinski definition) is 11. The number of carbonyl (C=O) groups excluding carboxylic acids is 3. The van der Waals surface area contributed by atoms with E-state index >= 15 is 0 Å². The van der Waals surface area contributed by atoms with E-state index in [9.17, 15) is 19.5 Å². The molecule has 1 aromatic heterocycles. The van der Waals surface area contributed by atoms with E-state index in [1.54, 1.807) is 11.0 Å². The first-order chi connectivity index (χ1) is 25.9. The number of aromatic hydroxyl groups is 1. The van der Waals surface area contributed by atoms with E-state index in [1.807, 2.05) is 24.3 Å². The molecule has 9 rings (SSSR count). The van der Waals surface area contributed by atoms with Gasteiger partial charge in [0.25, 0.3) is 5.91 Å². The van der Waals surface area contributed by atoms with Crippen LogP contribution in [0.2, 0.25) is 0 Å². The molecule has 7 heterocycles. The van der Waals surface area contributed by atoms with Gasteiger partial charge in [-0.15, -0.1) is 10.2 Å². The maximum Gasteiger partial charge on any atom is 0.255 e. The summed E-state index contributed by atoms with van der Waals surface area (Å²) in [5.74, 6) is 0.797. The number of likely N-dealkylation sites (tertiary alicyclic amines) is 2. The van der Waals surface area contributed by atoms with Gasteiger partial charge in [-0.2, -0.15) is 0 Å².